The average molecular weight is 335 g/mol. The smallest absolute Gasteiger partial charge is 0.0595 e. The molecule has 0 unspecified atom stereocenters. The van der Waals surface area contributed by atoms with E-state index in [9.17, 15) is 0 Å². The molecule has 0 radical (unpaired) electrons. The lowest BCUT2D eigenvalue weighted by Crippen LogP contribution is -2.46. The first-order valence-corrected chi connectivity index (χ1v) is 8.36. The molecule has 1 aliphatic rings. The van der Waals surface area contributed by atoms with Crippen LogP contribution in [0.15, 0.2) is 42.5 Å². The van der Waals surface area contributed by atoms with Gasteiger partial charge >= 0.3 is 0 Å². The quantitative estimate of drug-likeness (QED) is 0.807. The van der Waals surface area contributed by atoms with E-state index in [-0.39, 0.29) is 0 Å². The molecule has 0 aliphatic carbocycles. The van der Waals surface area contributed by atoms with Crippen molar-refractivity contribution in [1.82, 2.24) is 4.90 Å². The second kappa shape index (κ2) is 6.91. The average Bonchev–Trinajstić information content (AvgIpc) is 2.52. The Labute approximate surface area is 142 Å². The van der Waals surface area contributed by atoms with Gasteiger partial charge in [0.15, 0.2) is 0 Å². The first kappa shape index (κ1) is 15.7. The highest BCUT2D eigenvalue weighted by Gasteiger charge is 2.18. The molecule has 0 atom stereocenters. The molecule has 1 heterocycles. The van der Waals surface area contributed by atoms with Gasteiger partial charge in [-0.15, -0.1) is 0 Å². The van der Waals surface area contributed by atoms with Crippen LogP contribution in [0.25, 0.3) is 0 Å². The van der Waals surface area contributed by atoms with E-state index in [1.165, 1.54) is 16.8 Å². The summed E-state index contributed by atoms with van der Waals surface area (Å²) in [6.07, 6.45) is 0. The van der Waals surface area contributed by atoms with E-state index < -0.39 is 0 Å². The second-order valence-electron chi connectivity index (χ2n) is 5.80. The molecule has 0 spiro atoms. The van der Waals surface area contributed by atoms with Gasteiger partial charge in [0.05, 0.1) is 10.0 Å². The summed E-state index contributed by atoms with van der Waals surface area (Å²) in [7, 11) is 0. The van der Waals surface area contributed by atoms with Crippen molar-refractivity contribution >= 4 is 28.9 Å². The van der Waals surface area contributed by atoms with Gasteiger partial charge in [0.25, 0.3) is 0 Å². The number of para-hydroxylation sites is 1. The maximum Gasteiger partial charge on any atom is 0.0595 e. The molecule has 22 heavy (non-hydrogen) atoms. The van der Waals surface area contributed by atoms with Crippen LogP contribution in [0, 0.1) is 6.92 Å². The van der Waals surface area contributed by atoms with Gasteiger partial charge in [-0.3, -0.25) is 4.90 Å². The lowest BCUT2D eigenvalue weighted by atomic mass is 10.1. The van der Waals surface area contributed by atoms with Crippen LogP contribution in [0.4, 0.5) is 5.69 Å². The lowest BCUT2D eigenvalue weighted by Gasteiger charge is -2.36. The van der Waals surface area contributed by atoms with Crippen molar-refractivity contribution in [3.63, 3.8) is 0 Å². The zero-order chi connectivity index (χ0) is 15.5. The number of hydrogen-bond acceptors (Lipinski definition) is 2. The number of nitrogens with zero attached hydrogens (tertiary/aromatic N) is 2. The molecular weight excluding hydrogens is 315 g/mol. The highest BCUT2D eigenvalue weighted by atomic mass is 35.5. The Hall–Kier alpha value is -1.22. The van der Waals surface area contributed by atoms with E-state index in [0.717, 1.165) is 32.7 Å². The third-order valence-electron chi connectivity index (χ3n) is 4.22. The van der Waals surface area contributed by atoms with E-state index in [0.29, 0.717) is 10.0 Å². The summed E-state index contributed by atoms with van der Waals surface area (Å²) < 4.78 is 0. The first-order chi connectivity index (χ1) is 10.6. The molecule has 0 aromatic heterocycles. The summed E-state index contributed by atoms with van der Waals surface area (Å²) in [6, 6.07) is 14.5. The Balaban J connectivity index is 1.60. The van der Waals surface area contributed by atoms with E-state index >= 15 is 0 Å². The zero-order valence-electron chi connectivity index (χ0n) is 12.7. The lowest BCUT2D eigenvalue weighted by molar-refractivity contribution is 0.250. The highest BCUT2D eigenvalue weighted by Crippen LogP contribution is 2.24. The molecule has 3 rings (SSSR count). The molecule has 0 bridgehead atoms. The summed E-state index contributed by atoms with van der Waals surface area (Å²) in [5, 5.41) is 1.26. The van der Waals surface area contributed by atoms with E-state index in [2.05, 4.69) is 47.1 Å². The standard InChI is InChI=1S/C18H20Cl2N2/c1-14-4-2-3-5-18(14)22-10-8-21(9-11-22)13-15-6-7-16(19)17(20)12-15/h2-7,12H,8-11,13H2,1H3. The fraction of sp³-hybridized carbons (Fsp3) is 0.333. The highest BCUT2D eigenvalue weighted by molar-refractivity contribution is 6.42. The third kappa shape index (κ3) is 3.57. The molecule has 0 saturated carbocycles. The number of hydrogen-bond donors (Lipinski definition) is 0. The Morgan fingerprint density at radius 2 is 1.64 bits per heavy atom. The van der Waals surface area contributed by atoms with Gasteiger partial charge in [-0.1, -0.05) is 47.5 Å². The van der Waals surface area contributed by atoms with Crippen molar-refractivity contribution in [2.75, 3.05) is 31.1 Å². The summed E-state index contributed by atoms with van der Waals surface area (Å²) in [6.45, 7) is 7.36. The number of rotatable bonds is 3. The van der Waals surface area contributed by atoms with Gasteiger partial charge in [-0.2, -0.15) is 0 Å². The molecule has 0 amide bonds. The van der Waals surface area contributed by atoms with Crippen LogP contribution < -0.4 is 4.90 Å². The van der Waals surface area contributed by atoms with Gasteiger partial charge in [0, 0.05) is 38.4 Å². The summed E-state index contributed by atoms with van der Waals surface area (Å²) >= 11 is 12.1. The van der Waals surface area contributed by atoms with Crippen LogP contribution in [0.2, 0.25) is 10.0 Å². The molecular formula is C18H20Cl2N2. The van der Waals surface area contributed by atoms with Crippen molar-refractivity contribution in [3.8, 4) is 0 Å². The van der Waals surface area contributed by atoms with Crippen molar-refractivity contribution in [3.05, 3.63) is 63.6 Å². The normalized spacial score (nSPS) is 16.0. The largest absolute Gasteiger partial charge is 0.369 e. The van der Waals surface area contributed by atoms with Crippen LogP contribution in [0.3, 0.4) is 0 Å². The number of halogens is 2. The molecule has 2 aromatic rings. The second-order valence-corrected chi connectivity index (χ2v) is 6.61. The number of aryl methyl sites for hydroxylation is 1. The first-order valence-electron chi connectivity index (χ1n) is 7.60. The predicted octanol–water partition coefficient (Wildman–Crippen LogP) is 4.62. The van der Waals surface area contributed by atoms with Crippen LogP contribution in [0.1, 0.15) is 11.1 Å². The van der Waals surface area contributed by atoms with Crippen LogP contribution in [0.5, 0.6) is 0 Å². The Morgan fingerprint density at radius 3 is 2.32 bits per heavy atom. The minimum absolute atomic E-state index is 0.620. The minimum atomic E-state index is 0.620. The van der Waals surface area contributed by atoms with Crippen molar-refractivity contribution < 1.29 is 0 Å². The van der Waals surface area contributed by atoms with E-state index in [1.54, 1.807) is 0 Å². The zero-order valence-corrected chi connectivity index (χ0v) is 14.2. The van der Waals surface area contributed by atoms with Gasteiger partial charge in [0.1, 0.15) is 0 Å². The monoisotopic (exact) mass is 334 g/mol. The van der Waals surface area contributed by atoms with Gasteiger partial charge in [-0.25, -0.2) is 0 Å². The van der Waals surface area contributed by atoms with Crippen molar-refractivity contribution in [2.45, 2.75) is 13.5 Å². The topological polar surface area (TPSA) is 6.48 Å². The Bertz CT molecular complexity index is 649. The van der Waals surface area contributed by atoms with Crippen molar-refractivity contribution in [1.29, 1.82) is 0 Å². The molecule has 1 aliphatic heterocycles. The molecule has 1 saturated heterocycles. The maximum atomic E-state index is 6.09. The van der Waals surface area contributed by atoms with Crippen LogP contribution in [-0.4, -0.2) is 31.1 Å². The van der Waals surface area contributed by atoms with E-state index in [1.807, 2.05) is 12.1 Å². The fourth-order valence-corrected chi connectivity index (χ4v) is 3.28. The maximum absolute atomic E-state index is 6.09. The van der Waals surface area contributed by atoms with Gasteiger partial charge in [-0.05, 0) is 36.2 Å². The molecule has 116 valence electrons. The summed E-state index contributed by atoms with van der Waals surface area (Å²) in [5.41, 5.74) is 3.93. The third-order valence-corrected chi connectivity index (χ3v) is 4.96. The summed E-state index contributed by atoms with van der Waals surface area (Å²) in [5.74, 6) is 0. The predicted molar refractivity (Wildman–Crippen MR) is 95.1 cm³/mol. The molecule has 1 fully saturated rings. The van der Waals surface area contributed by atoms with Crippen molar-refractivity contribution in [2.24, 2.45) is 0 Å². The molecule has 0 N–H and O–H groups in total. The molecule has 2 nitrogen and oxygen atoms in total. The molecule has 2 aromatic carbocycles. The summed E-state index contributed by atoms with van der Waals surface area (Å²) in [4.78, 5) is 4.94. The number of benzene rings is 2. The molecule has 4 heteroatoms. The van der Waals surface area contributed by atoms with Gasteiger partial charge in [0.2, 0.25) is 0 Å². The Kier molecular flexibility index (Phi) is 4.92. The number of piperazine rings is 1. The number of anilines is 1. The Morgan fingerprint density at radius 1 is 0.909 bits per heavy atom. The SMILES string of the molecule is Cc1ccccc1N1CCN(Cc2ccc(Cl)c(Cl)c2)CC1. The van der Waals surface area contributed by atoms with E-state index in [4.69, 9.17) is 23.2 Å². The van der Waals surface area contributed by atoms with Gasteiger partial charge < -0.3 is 4.90 Å². The van der Waals surface area contributed by atoms with Crippen LogP contribution >= 0.6 is 23.2 Å². The minimum Gasteiger partial charge on any atom is -0.369 e. The van der Waals surface area contributed by atoms with Crippen LogP contribution in [-0.2, 0) is 6.54 Å². The fourth-order valence-electron chi connectivity index (χ4n) is 2.96.